The molecule has 0 bridgehead atoms. The molecule has 0 amide bonds. The number of carboxylic acid groups (broad SMARTS) is 1. The fraction of sp³-hybridized carbons (Fsp3) is 0.533. The first-order chi connectivity index (χ1) is 9.24. The second-order valence-electron chi connectivity index (χ2n) is 4.57. The Kier molecular flexibility index (Phi) is 7.66. The number of rotatable bonds is 4. The second-order valence-corrected chi connectivity index (χ2v) is 4.57. The smallest absolute Gasteiger partial charge is 0.303 e. The summed E-state index contributed by atoms with van der Waals surface area (Å²) in [4.78, 5) is 12.2. The Morgan fingerprint density at radius 3 is 2.37 bits per heavy atom. The Bertz CT molecular complexity index is 348. The number of hydrogen-bond acceptors (Lipinski definition) is 3. The number of carboxylic acids is 1. The molecule has 2 rings (SSSR count). The summed E-state index contributed by atoms with van der Waals surface area (Å²) in [6, 6.07) is 10.6. The van der Waals surface area contributed by atoms with Crippen molar-refractivity contribution in [1.82, 2.24) is 5.32 Å². The minimum atomic E-state index is -0.693. The third-order valence-corrected chi connectivity index (χ3v) is 2.98. The van der Waals surface area contributed by atoms with Gasteiger partial charge in [0.2, 0.25) is 0 Å². The number of nitrogens with one attached hydrogen (secondary N) is 1. The molecule has 1 aromatic carbocycles. The van der Waals surface area contributed by atoms with Crippen LogP contribution in [0.3, 0.4) is 0 Å². The molecule has 4 nitrogen and oxygen atoms in total. The third-order valence-electron chi connectivity index (χ3n) is 2.98. The Hall–Kier alpha value is -1.55. The Morgan fingerprint density at radius 1 is 1.26 bits per heavy atom. The highest BCUT2D eigenvalue weighted by atomic mass is 16.4. The molecule has 2 N–H and O–H groups in total. The van der Waals surface area contributed by atoms with Crippen molar-refractivity contribution in [3.63, 3.8) is 0 Å². The molecular formula is C15H24N2O2. The molecule has 0 saturated carbocycles. The van der Waals surface area contributed by atoms with Crippen molar-refractivity contribution < 1.29 is 9.90 Å². The highest BCUT2D eigenvalue weighted by molar-refractivity contribution is 5.66. The van der Waals surface area contributed by atoms with Crippen LogP contribution in [0.4, 0.5) is 5.69 Å². The lowest BCUT2D eigenvalue weighted by Gasteiger charge is -2.29. The molecule has 0 atom stereocenters. The van der Waals surface area contributed by atoms with E-state index in [9.17, 15) is 4.79 Å². The number of para-hydroxylation sites is 1. The maximum Gasteiger partial charge on any atom is 0.303 e. The maximum absolute atomic E-state index is 9.76. The van der Waals surface area contributed by atoms with Gasteiger partial charge in [-0.15, -0.1) is 0 Å². The lowest BCUT2D eigenvalue weighted by Crippen LogP contribution is -2.43. The van der Waals surface area contributed by atoms with Crippen LogP contribution in [0.2, 0.25) is 0 Å². The summed E-state index contributed by atoms with van der Waals surface area (Å²) in [5.74, 6) is -0.693. The van der Waals surface area contributed by atoms with Crippen molar-refractivity contribution in [2.45, 2.75) is 26.2 Å². The van der Waals surface area contributed by atoms with Crippen LogP contribution < -0.4 is 10.2 Å². The minimum Gasteiger partial charge on any atom is -0.481 e. The zero-order valence-electron chi connectivity index (χ0n) is 11.6. The number of piperazine rings is 1. The van der Waals surface area contributed by atoms with Crippen molar-refractivity contribution in [1.29, 1.82) is 0 Å². The van der Waals surface area contributed by atoms with Gasteiger partial charge < -0.3 is 15.3 Å². The van der Waals surface area contributed by atoms with E-state index in [1.165, 1.54) is 5.69 Å². The monoisotopic (exact) mass is 264 g/mol. The van der Waals surface area contributed by atoms with E-state index in [1.54, 1.807) is 0 Å². The molecule has 1 saturated heterocycles. The number of carbonyl (C=O) groups is 1. The largest absolute Gasteiger partial charge is 0.481 e. The molecule has 4 heteroatoms. The fourth-order valence-electron chi connectivity index (χ4n) is 1.89. The van der Waals surface area contributed by atoms with Crippen molar-refractivity contribution in [3.8, 4) is 0 Å². The molecule has 0 aromatic heterocycles. The van der Waals surface area contributed by atoms with E-state index in [2.05, 4.69) is 40.5 Å². The van der Waals surface area contributed by atoms with Gasteiger partial charge in [0, 0.05) is 38.3 Å². The van der Waals surface area contributed by atoms with Gasteiger partial charge >= 0.3 is 5.97 Å². The van der Waals surface area contributed by atoms with Crippen LogP contribution in [0.25, 0.3) is 0 Å². The van der Waals surface area contributed by atoms with Crippen LogP contribution in [0.1, 0.15) is 26.2 Å². The summed E-state index contributed by atoms with van der Waals surface area (Å²) in [6.07, 6.45) is 2.08. The van der Waals surface area contributed by atoms with Crippen LogP contribution in [0.15, 0.2) is 30.3 Å². The van der Waals surface area contributed by atoms with Crippen molar-refractivity contribution >= 4 is 11.7 Å². The zero-order chi connectivity index (χ0) is 13.9. The molecule has 1 aliphatic heterocycles. The molecule has 0 aliphatic carbocycles. The van der Waals surface area contributed by atoms with E-state index >= 15 is 0 Å². The highest BCUT2D eigenvalue weighted by Gasteiger charge is 2.08. The van der Waals surface area contributed by atoms with Gasteiger partial charge in [0.15, 0.2) is 0 Å². The lowest BCUT2D eigenvalue weighted by atomic mass is 10.2. The zero-order valence-corrected chi connectivity index (χ0v) is 11.6. The van der Waals surface area contributed by atoms with Crippen LogP contribution in [-0.2, 0) is 4.79 Å². The lowest BCUT2D eigenvalue weighted by molar-refractivity contribution is -0.137. The van der Waals surface area contributed by atoms with Crippen LogP contribution in [0, 0.1) is 0 Å². The molecule has 1 aliphatic rings. The highest BCUT2D eigenvalue weighted by Crippen LogP contribution is 2.12. The van der Waals surface area contributed by atoms with Gasteiger partial charge in [0.05, 0.1) is 0 Å². The normalized spacial score (nSPS) is 14.5. The van der Waals surface area contributed by atoms with E-state index in [-0.39, 0.29) is 0 Å². The predicted octanol–water partition coefficient (Wildman–Crippen LogP) is 2.36. The first-order valence-corrected chi connectivity index (χ1v) is 6.96. The molecule has 1 heterocycles. The van der Waals surface area contributed by atoms with Gasteiger partial charge in [0.1, 0.15) is 0 Å². The molecule has 0 radical (unpaired) electrons. The summed E-state index contributed by atoms with van der Waals surface area (Å²) in [5.41, 5.74) is 1.35. The quantitative estimate of drug-likeness (QED) is 0.876. The Morgan fingerprint density at radius 2 is 1.89 bits per heavy atom. The predicted molar refractivity (Wildman–Crippen MR) is 78.7 cm³/mol. The van der Waals surface area contributed by atoms with Crippen LogP contribution in [0.5, 0.6) is 0 Å². The van der Waals surface area contributed by atoms with E-state index in [0.717, 1.165) is 39.0 Å². The van der Waals surface area contributed by atoms with Crippen LogP contribution >= 0.6 is 0 Å². The average Bonchev–Trinajstić information content (AvgIpc) is 2.47. The molecule has 1 aromatic rings. The van der Waals surface area contributed by atoms with E-state index < -0.39 is 5.97 Å². The SMILES string of the molecule is CCCCC(=O)O.c1ccc(N2CCNCC2)cc1. The third kappa shape index (κ3) is 6.82. The topological polar surface area (TPSA) is 52.6 Å². The van der Waals surface area contributed by atoms with Crippen molar-refractivity contribution in [3.05, 3.63) is 30.3 Å². The summed E-state index contributed by atoms with van der Waals surface area (Å²) in [6.45, 7) is 6.45. The van der Waals surface area contributed by atoms with Crippen LogP contribution in [-0.4, -0.2) is 37.3 Å². The Labute approximate surface area is 115 Å². The summed E-state index contributed by atoms with van der Waals surface area (Å²) in [7, 11) is 0. The second kappa shape index (κ2) is 9.39. The number of nitrogens with zero attached hydrogens (tertiary/aromatic N) is 1. The number of benzene rings is 1. The van der Waals surface area contributed by atoms with Gasteiger partial charge in [-0.25, -0.2) is 0 Å². The first kappa shape index (κ1) is 15.5. The summed E-state index contributed by atoms with van der Waals surface area (Å²) < 4.78 is 0. The molecule has 0 spiro atoms. The molecule has 1 fully saturated rings. The van der Waals surface area contributed by atoms with Gasteiger partial charge in [-0.1, -0.05) is 31.5 Å². The molecule has 19 heavy (non-hydrogen) atoms. The number of hydrogen-bond donors (Lipinski definition) is 2. The fourth-order valence-corrected chi connectivity index (χ4v) is 1.89. The van der Waals surface area contributed by atoms with Gasteiger partial charge in [-0.05, 0) is 18.6 Å². The maximum atomic E-state index is 9.76. The number of anilines is 1. The minimum absolute atomic E-state index is 0.316. The van der Waals surface area contributed by atoms with Gasteiger partial charge in [-0.3, -0.25) is 4.79 Å². The van der Waals surface area contributed by atoms with E-state index in [1.807, 2.05) is 6.92 Å². The number of aliphatic carboxylic acids is 1. The Balaban J connectivity index is 0.000000224. The van der Waals surface area contributed by atoms with Crippen molar-refractivity contribution in [2.75, 3.05) is 31.1 Å². The van der Waals surface area contributed by atoms with Gasteiger partial charge in [-0.2, -0.15) is 0 Å². The number of unbranched alkanes of at least 4 members (excludes halogenated alkanes) is 1. The van der Waals surface area contributed by atoms with Crippen molar-refractivity contribution in [2.24, 2.45) is 0 Å². The first-order valence-electron chi connectivity index (χ1n) is 6.96. The van der Waals surface area contributed by atoms with Gasteiger partial charge in [0.25, 0.3) is 0 Å². The molecule has 106 valence electrons. The van der Waals surface area contributed by atoms with E-state index in [4.69, 9.17) is 5.11 Å². The summed E-state index contributed by atoms with van der Waals surface area (Å²) in [5, 5.41) is 11.4. The summed E-state index contributed by atoms with van der Waals surface area (Å²) >= 11 is 0. The molecule has 0 unspecified atom stereocenters. The average molecular weight is 264 g/mol. The van der Waals surface area contributed by atoms with E-state index in [0.29, 0.717) is 6.42 Å². The molecular weight excluding hydrogens is 240 g/mol. The standard InChI is InChI=1S/C10H14N2.C5H10O2/c1-2-4-10(5-3-1)12-8-6-11-7-9-12;1-2-3-4-5(6)7/h1-5,11H,6-9H2;2-4H2,1H3,(H,6,7).